The number of hydrogen-bond acceptors (Lipinski definition) is 8. The number of aryl methyl sites for hydroxylation is 2. The lowest BCUT2D eigenvalue weighted by Gasteiger charge is -2.31. The summed E-state index contributed by atoms with van der Waals surface area (Å²) < 4.78 is 36.9. The summed E-state index contributed by atoms with van der Waals surface area (Å²) in [5.41, 5.74) is 1.99. The monoisotopic (exact) mass is 501 g/mol. The SMILES string of the molecule is CCCCOC(=O)N1CCC(Oc2nc(C)nc3c2c(C)nn3-c2ccc(S(C)(=O)=O)cc2)CC1. The highest BCUT2D eigenvalue weighted by Crippen LogP contribution is 2.30. The Hall–Kier alpha value is -3.21. The lowest BCUT2D eigenvalue weighted by Crippen LogP contribution is -2.42. The van der Waals surface area contributed by atoms with Gasteiger partial charge in [0.05, 0.1) is 22.9 Å². The Morgan fingerprint density at radius 2 is 1.80 bits per heavy atom. The number of unbranched alkanes of at least 4 members (excludes halogenated alkanes) is 1. The highest BCUT2D eigenvalue weighted by molar-refractivity contribution is 7.90. The Balaban J connectivity index is 1.53. The number of ether oxygens (including phenoxy) is 2. The van der Waals surface area contributed by atoms with Crippen LogP contribution in [0.3, 0.4) is 0 Å². The van der Waals surface area contributed by atoms with Gasteiger partial charge in [-0.2, -0.15) is 10.1 Å². The molecule has 10 nitrogen and oxygen atoms in total. The largest absolute Gasteiger partial charge is 0.474 e. The van der Waals surface area contributed by atoms with Crippen molar-refractivity contribution in [2.24, 2.45) is 0 Å². The number of piperidine rings is 1. The van der Waals surface area contributed by atoms with Crippen molar-refractivity contribution in [2.45, 2.75) is 57.5 Å². The fourth-order valence-corrected chi connectivity index (χ4v) is 4.69. The molecule has 0 saturated carbocycles. The van der Waals surface area contributed by atoms with Crippen molar-refractivity contribution < 1.29 is 22.7 Å². The van der Waals surface area contributed by atoms with E-state index in [1.165, 1.54) is 6.26 Å². The number of amides is 1. The minimum absolute atomic E-state index is 0.0935. The van der Waals surface area contributed by atoms with E-state index in [4.69, 9.17) is 9.47 Å². The molecule has 1 aromatic carbocycles. The molecule has 1 amide bonds. The van der Waals surface area contributed by atoms with E-state index in [9.17, 15) is 13.2 Å². The van der Waals surface area contributed by atoms with Gasteiger partial charge in [-0.3, -0.25) is 0 Å². The van der Waals surface area contributed by atoms with Crippen molar-refractivity contribution >= 4 is 27.0 Å². The Kier molecular flexibility index (Phi) is 7.25. The topological polar surface area (TPSA) is 117 Å². The van der Waals surface area contributed by atoms with Crippen molar-refractivity contribution in [2.75, 3.05) is 26.0 Å². The molecule has 1 fully saturated rings. The van der Waals surface area contributed by atoms with Gasteiger partial charge in [-0.25, -0.2) is 22.9 Å². The molecular formula is C24H31N5O5S. The van der Waals surface area contributed by atoms with Crippen LogP contribution in [-0.4, -0.2) is 71.2 Å². The minimum Gasteiger partial charge on any atom is -0.474 e. The van der Waals surface area contributed by atoms with Gasteiger partial charge in [0.25, 0.3) is 0 Å². The standard InChI is InChI=1S/C24H31N5O5S/c1-5-6-15-33-24(30)28-13-11-19(12-14-28)34-23-21-16(2)27-29(22(21)25-17(3)26-23)18-7-9-20(10-8-18)35(4,31)32/h7-10,19H,5-6,11-15H2,1-4H3. The van der Waals surface area contributed by atoms with Gasteiger partial charge in [0, 0.05) is 32.2 Å². The van der Waals surface area contributed by atoms with Crippen LogP contribution in [0.15, 0.2) is 29.2 Å². The second-order valence-electron chi connectivity index (χ2n) is 8.81. The number of likely N-dealkylation sites (tertiary alicyclic amines) is 1. The lowest BCUT2D eigenvalue weighted by molar-refractivity contribution is 0.0661. The molecule has 0 atom stereocenters. The first-order valence-corrected chi connectivity index (χ1v) is 13.7. The van der Waals surface area contributed by atoms with Crippen LogP contribution in [0.1, 0.15) is 44.1 Å². The second kappa shape index (κ2) is 10.2. The van der Waals surface area contributed by atoms with Crippen molar-refractivity contribution in [1.82, 2.24) is 24.6 Å². The molecule has 1 aliphatic rings. The first kappa shape index (κ1) is 24.9. The zero-order valence-electron chi connectivity index (χ0n) is 20.5. The third-order valence-corrected chi connectivity index (χ3v) is 7.12. The van der Waals surface area contributed by atoms with Gasteiger partial charge in [0.1, 0.15) is 17.3 Å². The van der Waals surface area contributed by atoms with Gasteiger partial charge in [0.15, 0.2) is 15.5 Å². The molecule has 3 aromatic rings. The summed E-state index contributed by atoms with van der Waals surface area (Å²) in [5, 5.41) is 5.35. The van der Waals surface area contributed by atoms with Crippen LogP contribution >= 0.6 is 0 Å². The molecule has 0 aliphatic carbocycles. The molecule has 3 heterocycles. The van der Waals surface area contributed by atoms with Crippen LogP contribution in [0.25, 0.3) is 16.7 Å². The molecule has 1 aliphatic heterocycles. The quantitative estimate of drug-likeness (QED) is 0.451. The maximum atomic E-state index is 12.2. The minimum atomic E-state index is -3.29. The normalized spacial score (nSPS) is 14.9. The highest BCUT2D eigenvalue weighted by Gasteiger charge is 2.27. The molecular weight excluding hydrogens is 470 g/mol. The van der Waals surface area contributed by atoms with Crippen LogP contribution in [-0.2, 0) is 14.6 Å². The lowest BCUT2D eigenvalue weighted by atomic mass is 10.1. The maximum absolute atomic E-state index is 12.2. The summed E-state index contributed by atoms with van der Waals surface area (Å²) in [6.07, 6.45) is 4.01. The average Bonchev–Trinajstić information content (AvgIpc) is 3.15. The van der Waals surface area contributed by atoms with E-state index in [1.54, 1.807) is 40.8 Å². The summed E-state index contributed by atoms with van der Waals surface area (Å²) in [5.74, 6) is 1.01. The number of carbonyl (C=O) groups is 1. The number of aromatic nitrogens is 4. The predicted molar refractivity (Wildman–Crippen MR) is 131 cm³/mol. The van der Waals surface area contributed by atoms with Crippen LogP contribution in [0.5, 0.6) is 5.88 Å². The number of benzene rings is 1. The first-order chi connectivity index (χ1) is 16.7. The molecule has 1 saturated heterocycles. The molecule has 35 heavy (non-hydrogen) atoms. The molecule has 0 bridgehead atoms. The molecule has 0 radical (unpaired) electrons. The number of nitrogens with zero attached hydrogens (tertiary/aromatic N) is 5. The van der Waals surface area contributed by atoms with Crippen LogP contribution in [0, 0.1) is 13.8 Å². The maximum Gasteiger partial charge on any atom is 0.409 e. The third-order valence-electron chi connectivity index (χ3n) is 5.99. The van der Waals surface area contributed by atoms with E-state index in [-0.39, 0.29) is 17.1 Å². The van der Waals surface area contributed by atoms with Crippen molar-refractivity contribution in [3.8, 4) is 11.6 Å². The molecule has 0 spiro atoms. The van der Waals surface area contributed by atoms with Gasteiger partial charge in [-0.1, -0.05) is 13.3 Å². The second-order valence-corrected chi connectivity index (χ2v) is 10.8. The number of carbonyl (C=O) groups excluding carboxylic acids is 1. The van der Waals surface area contributed by atoms with Crippen molar-refractivity contribution in [1.29, 1.82) is 0 Å². The van der Waals surface area contributed by atoms with E-state index in [1.807, 2.05) is 6.92 Å². The summed E-state index contributed by atoms with van der Waals surface area (Å²) >= 11 is 0. The number of sulfone groups is 1. The molecule has 0 N–H and O–H groups in total. The van der Waals surface area contributed by atoms with Crippen LogP contribution < -0.4 is 4.74 Å². The van der Waals surface area contributed by atoms with E-state index >= 15 is 0 Å². The zero-order valence-corrected chi connectivity index (χ0v) is 21.3. The Morgan fingerprint density at radius 1 is 1.11 bits per heavy atom. The summed E-state index contributed by atoms with van der Waals surface area (Å²) in [4.78, 5) is 23.3. The first-order valence-electron chi connectivity index (χ1n) is 11.8. The molecule has 0 unspecified atom stereocenters. The van der Waals surface area contributed by atoms with E-state index in [0.29, 0.717) is 66.7 Å². The average molecular weight is 502 g/mol. The van der Waals surface area contributed by atoms with Crippen molar-refractivity contribution in [3.05, 3.63) is 35.8 Å². The van der Waals surface area contributed by atoms with Gasteiger partial charge in [-0.15, -0.1) is 0 Å². The van der Waals surface area contributed by atoms with Crippen molar-refractivity contribution in [3.63, 3.8) is 0 Å². The molecule has 11 heteroatoms. The zero-order chi connectivity index (χ0) is 25.2. The summed E-state index contributed by atoms with van der Waals surface area (Å²) in [6.45, 7) is 7.29. The van der Waals surface area contributed by atoms with Crippen LogP contribution in [0.2, 0.25) is 0 Å². The smallest absolute Gasteiger partial charge is 0.409 e. The Bertz CT molecular complexity index is 1310. The molecule has 4 rings (SSSR count). The fraction of sp³-hybridized carbons (Fsp3) is 0.500. The van der Waals surface area contributed by atoms with Gasteiger partial charge in [0.2, 0.25) is 5.88 Å². The molecule has 2 aromatic heterocycles. The van der Waals surface area contributed by atoms with E-state index in [0.717, 1.165) is 12.8 Å². The fourth-order valence-electron chi connectivity index (χ4n) is 4.06. The van der Waals surface area contributed by atoms with E-state index in [2.05, 4.69) is 22.0 Å². The van der Waals surface area contributed by atoms with Gasteiger partial charge < -0.3 is 14.4 Å². The summed E-state index contributed by atoms with van der Waals surface area (Å²) in [7, 11) is -3.29. The third kappa shape index (κ3) is 5.55. The predicted octanol–water partition coefficient (Wildman–Crippen LogP) is 3.62. The van der Waals surface area contributed by atoms with Gasteiger partial charge >= 0.3 is 6.09 Å². The van der Waals surface area contributed by atoms with Crippen LogP contribution in [0.4, 0.5) is 4.79 Å². The number of hydrogen-bond donors (Lipinski definition) is 0. The van der Waals surface area contributed by atoms with Gasteiger partial charge in [-0.05, 0) is 44.5 Å². The number of fused-ring (bicyclic) bond motifs is 1. The molecule has 188 valence electrons. The highest BCUT2D eigenvalue weighted by atomic mass is 32.2. The van der Waals surface area contributed by atoms with E-state index < -0.39 is 9.84 Å². The Labute approximate surface area is 205 Å². The Morgan fingerprint density at radius 3 is 2.43 bits per heavy atom. The summed E-state index contributed by atoms with van der Waals surface area (Å²) in [6, 6.07) is 6.52. The number of rotatable bonds is 7.